The lowest BCUT2D eigenvalue weighted by atomic mass is 10.1. The highest BCUT2D eigenvalue weighted by Crippen LogP contribution is 2.44. The summed E-state index contributed by atoms with van der Waals surface area (Å²) in [5.74, 6) is -0.794. The predicted molar refractivity (Wildman–Crippen MR) is 68.3 cm³/mol. The molecule has 84 valence electrons. The molecule has 2 rings (SSSR count). The zero-order chi connectivity index (χ0) is 12.2. The second kappa shape index (κ2) is 3.98. The van der Waals surface area contributed by atoms with Crippen LogP contribution >= 0.6 is 55.1 Å². The molecule has 7 heteroatoms. The summed E-state index contributed by atoms with van der Waals surface area (Å²) in [6.07, 6.45) is 0. The fraction of sp³-hybridized carbons (Fsp3) is 0.111. The molecule has 0 atom stereocenters. The van der Waals surface area contributed by atoms with Crippen LogP contribution in [0.2, 0.25) is 10.0 Å². The second-order valence-corrected chi connectivity index (χ2v) is 5.52. The van der Waals surface area contributed by atoms with Gasteiger partial charge in [0.25, 0.3) is 11.8 Å². The molecule has 1 aromatic rings. The summed E-state index contributed by atoms with van der Waals surface area (Å²) in [6.45, 7) is 0. The minimum absolute atomic E-state index is 0.212. The van der Waals surface area contributed by atoms with E-state index in [9.17, 15) is 9.59 Å². The molecule has 0 unspecified atom stereocenters. The summed E-state index contributed by atoms with van der Waals surface area (Å²) in [7, 11) is 1.41. The Kier molecular flexibility index (Phi) is 3.07. The van der Waals surface area contributed by atoms with E-state index in [0.717, 1.165) is 4.90 Å². The van der Waals surface area contributed by atoms with Gasteiger partial charge in [-0.15, -0.1) is 0 Å². The van der Waals surface area contributed by atoms with Gasteiger partial charge in [-0.25, -0.2) is 0 Å². The molecule has 0 fully saturated rings. The molecule has 0 spiro atoms. The van der Waals surface area contributed by atoms with Crippen LogP contribution in [0.4, 0.5) is 0 Å². The minimum Gasteiger partial charge on any atom is -0.277 e. The average Bonchev–Trinajstić information content (AvgIpc) is 2.48. The Balaban J connectivity index is 2.91. The summed E-state index contributed by atoms with van der Waals surface area (Å²) in [6, 6.07) is 0. The van der Waals surface area contributed by atoms with Crippen molar-refractivity contribution in [2.75, 3.05) is 7.05 Å². The van der Waals surface area contributed by atoms with Gasteiger partial charge in [0.1, 0.15) is 0 Å². The van der Waals surface area contributed by atoms with Crippen molar-refractivity contribution in [3.63, 3.8) is 0 Å². The van der Waals surface area contributed by atoms with Gasteiger partial charge in [0.2, 0.25) is 0 Å². The molecule has 1 aromatic carbocycles. The van der Waals surface area contributed by atoms with E-state index in [2.05, 4.69) is 31.9 Å². The molecule has 0 aliphatic carbocycles. The van der Waals surface area contributed by atoms with Gasteiger partial charge < -0.3 is 0 Å². The van der Waals surface area contributed by atoms with E-state index in [1.807, 2.05) is 0 Å². The van der Waals surface area contributed by atoms with Gasteiger partial charge in [0, 0.05) is 7.05 Å². The Morgan fingerprint density at radius 3 is 1.56 bits per heavy atom. The first-order valence-corrected chi connectivity index (χ1v) is 6.40. The number of fused-ring (bicyclic) bond motifs is 1. The number of nitrogens with zero attached hydrogens (tertiary/aromatic N) is 1. The number of hydrogen-bond acceptors (Lipinski definition) is 2. The molecule has 2 amide bonds. The van der Waals surface area contributed by atoms with E-state index in [4.69, 9.17) is 23.2 Å². The third-order valence-electron chi connectivity index (χ3n) is 2.30. The van der Waals surface area contributed by atoms with Crippen LogP contribution in [0, 0.1) is 0 Å². The van der Waals surface area contributed by atoms with Crippen LogP contribution in [0.1, 0.15) is 20.7 Å². The quantitative estimate of drug-likeness (QED) is 0.386. The van der Waals surface area contributed by atoms with Crippen molar-refractivity contribution in [3.05, 3.63) is 30.1 Å². The number of carbonyl (C=O) groups is 2. The van der Waals surface area contributed by atoms with E-state index in [-0.39, 0.29) is 21.2 Å². The third-order valence-corrected chi connectivity index (χ3v) is 5.20. The molecule has 3 nitrogen and oxygen atoms in total. The normalized spacial score (nSPS) is 14.7. The zero-order valence-corrected chi connectivity index (χ0v) is 12.5. The number of carbonyl (C=O) groups excluding carboxylic acids is 2. The molecule has 1 heterocycles. The lowest BCUT2D eigenvalue weighted by molar-refractivity contribution is 0.0692. The lowest BCUT2D eigenvalue weighted by Gasteiger charge is -2.06. The average molecular weight is 388 g/mol. The zero-order valence-electron chi connectivity index (χ0n) is 7.78. The molecular weight excluding hydrogens is 385 g/mol. The van der Waals surface area contributed by atoms with Crippen molar-refractivity contribution in [3.8, 4) is 0 Å². The molecule has 0 N–H and O–H groups in total. The van der Waals surface area contributed by atoms with E-state index in [1.165, 1.54) is 7.05 Å². The predicted octanol–water partition coefficient (Wildman–Crippen LogP) is 3.74. The van der Waals surface area contributed by atoms with Crippen LogP contribution in [-0.2, 0) is 0 Å². The summed E-state index contributed by atoms with van der Waals surface area (Å²) >= 11 is 18.2. The highest BCUT2D eigenvalue weighted by molar-refractivity contribution is 9.11. The van der Waals surface area contributed by atoms with Gasteiger partial charge in [0.05, 0.1) is 30.1 Å². The van der Waals surface area contributed by atoms with Crippen molar-refractivity contribution in [1.29, 1.82) is 0 Å². The molecule has 0 radical (unpaired) electrons. The molecule has 1 aliphatic rings. The number of amides is 2. The first kappa shape index (κ1) is 12.4. The van der Waals surface area contributed by atoms with Crippen LogP contribution in [0.25, 0.3) is 0 Å². The Morgan fingerprint density at radius 1 is 0.938 bits per heavy atom. The maximum absolute atomic E-state index is 11.8. The largest absolute Gasteiger partial charge is 0.277 e. The first-order chi connectivity index (χ1) is 7.37. The van der Waals surface area contributed by atoms with Gasteiger partial charge >= 0.3 is 0 Å². The highest BCUT2D eigenvalue weighted by Gasteiger charge is 2.38. The minimum atomic E-state index is -0.397. The van der Waals surface area contributed by atoms with Gasteiger partial charge in [-0.1, -0.05) is 23.2 Å². The van der Waals surface area contributed by atoms with Crippen LogP contribution in [0.5, 0.6) is 0 Å². The van der Waals surface area contributed by atoms with Gasteiger partial charge in [0.15, 0.2) is 0 Å². The molecule has 0 saturated carbocycles. The lowest BCUT2D eigenvalue weighted by Crippen LogP contribution is -2.24. The van der Waals surface area contributed by atoms with E-state index in [1.54, 1.807) is 0 Å². The fourth-order valence-electron chi connectivity index (χ4n) is 1.46. The fourth-order valence-corrected chi connectivity index (χ4v) is 3.20. The number of rotatable bonds is 0. The van der Waals surface area contributed by atoms with Crippen molar-refractivity contribution < 1.29 is 9.59 Å². The number of imide groups is 1. The highest BCUT2D eigenvalue weighted by atomic mass is 79.9. The summed E-state index contributed by atoms with van der Waals surface area (Å²) < 4.78 is 0.695. The Hall–Kier alpha value is -0.100. The topological polar surface area (TPSA) is 37.4 Å². The molecule has 0 bridgehead atoms. The maximum atomic E-state index is 11.8. The van der Waals surface area contributed by atoms with Crippen molar-refractivity contribution in [2.24, 2.45) is 0 Å². The van der Waals surface area contributed by atoms with Crippen LogP contribution < -0.4 is 0 Å². The third kappa shape index (κ3) is 1.45. The molecule has 16 heavy (non-hydrogen) atoms. The summed E-state index contributed by atoms with van der Waals surface area (Å²) in [4.78, 5) is 24.6. The van der Waals surface area contributed by atoms with Gasteiger partial charge in [-0.3, -0.25) is 14.5 Å². The Bertz CT molecular complexity index is 498. The number of benzene rings is 1. The van der Waals surface area contributed by atoms with Crippen molar-refractivity contribution in [2.45, 2.75) is 0 Å². The SMILES string of the molecule is CN1C(=O)c2c(Br)c(Cl)c(Cl)c(Br)c2C1=O. The van der Waals surface area contributed by atoms with Crippen LogP contribution in [0.3, 0.4) is 0 Å². The Morgan fingerprint density at radius 2 is 1.25 bits per heavy atom. The molecule has 0 aromatic heterocycles. The smallest absolute Gasteiger partial charge is 0.262 e. The molecular formula is C9H3Br2Cl2NO2. The summed E-state index contributed by atoms with van der Waals surface area (Å²) in [5, 5.41) is 0.424. The second-order valence-electron chi connectivity index (χ2n) is 3.18. The van der Waals surface area contributed by atoms with Crippen LogP contribution in [-0.4, -0.2) is 23.8 Å². The Labute approximate surface area is 118 Å². The number of halogens is 4. The monoisotopic (exact) mass is 385 g/mol. The first-order valence-electron chi connectivity index (χ1n) is 4.06. The van der Waals surface area contributed by atoms with Crippen LogP contribution in [0.15, 0.2) is 8.95 Å². The van der Waals surface area contributed by atoms with E-state index >= 15 is 0 Å². The summed E-state index contributed by atoms with van der Waals surface area (Å²) in [5.41, 5.74) is 0.488. The van der Waals surface area contributed by atoms with E-state index in [0.29, 0.717) is 8.95 Å². The van der Waals surface area contributed by atoms with Crippen molar-refractivity contribution in [1.82, 2.24) is 4.90 Å². The molecule has 0 saturated heterocycles. The van der Waals surface area contributed by atoms with Gasteiger partial charge in [-0.2, -0.15) is 0 Å². The standard InChI is InChI=1S/C9H3Br2Cl2NO2/c1-14-8(15)2-3(9(14)16)5(11)7(13)6(12)4(2)10/h1H3. The maximum Gasteiger partial charge on any atom is 0.262 e. The van der Waals surface area contributed by atoms with E-state index < -0.39 is 11.8 Å². The van der Waals surface area contributed by atoms with Gasteiger partial charge in [-0.05, 0) is 31.9 Å². The number of hydrogen-bond donors (Lipinski definition) is 0. The molecule has 1 aliphatic heterocycles. The van der Waals surface area contributed by atoms with Crippen molar-refractivity contribution >= 4 is 66.9 Å².